The number of aromatic nitrogens is 3. The van der Waals surface area contributed by atoms with Crippen LogP contribution in [0.25, 0.3) is 32.9 Å². The van der Waals surface area contributed by atoms with E-state index in [1.165, 1.54) is 6.07 Å². The van der Waals surface area contributed by atoms with Crippen LogP contribution in [0.3, 0.4) is 0 Å². The smallest absolute Gasteiger partial charge is 0.319 e. The fraction of sp³-hybridized carbons (Fsp3) is 0.457. The SMILES string of the molecule is C#Cc1c(F)ccc2cccc(-c3nc4c5c(nc(OC[C@@]67CCCN6C[C@H](F)C7)nc5c3F)N3C[C@H]5C[C@]3(CCC4)CN5)c12. The summed E-state index contributed by atoms with van der Waals surface area (Å²) in [5.74, 6) is 1.96. The van der Waals surface area contributed by atoms with Gasteiger partial charge in [-0.05, 0) is 56.5 Å². The van der Waals surface area contributed by atoms with Gasteiger partial charge in [0.15, 0.2) is 5.82 Å². The molecule has 4 aromatic rings. The van der Waals surface area contributed by atoms with Gasteiger partial charge in [-0.3, -0.25) is 4.90 Å². The third-order valence-electron chi connectivity index (χ3n) is 11.1. The van der Waals surface area contributed by atoms with Crippen LogP contribution in [-0.4, -0.2) is 75.9 Å². The van der Waals surface area contributed by atoms with Crippen molar-refractivity contribution in [1.82, 2.24) is 25.2 Å². The third kappa shape index (κ3) is 3.96. The Bertz CT molecular complexity index is 1950. The molecule has 2 aromatic carbocycles. The summed E-state index contributed by atoms with van der Waals surface area (Å²) in [6, 6.07) is 8.76. The number of halogens is 3. The van der Waals surface area contributed by atoms with E-state index in [9.17, 15) is 8.78 Å². The molecule has 2 bridgehead atoms. The molecule has 4 fully saturated rings. The number of rotatable bonds is 4. The second-order valence-electron chi connectivity index (χ2n) is 13.6. The molecule has 4 saturated heterocycles. The number of piperazine rings is 1. The maximum Gasteiger partial charge on any atom is 0.319 e. The van der Waals surface area contributed by atoms with Gasteiger partial charge in [-0.2, -0.15) is 9.97 Å². The van der Waals surface area contributed by atoms with Gasteiger partial charge in [-0.25, -0.2) is 18.2 Å². The highest BCUT2D eigenvalue weighted by atomic mass is 19.1. The van der Waals surface area contributed by atoms with Gasteiger partial charge in [0.05, 0.1) is 27.7 Å². The molecule has 7 heterocycles. The van der Waals surface area contributed by atoms with Gasteiger partial charge < -0.3 is 15.0 Å². The molecule has 7 nitrogen and oxygen atoms in total. The Balaban J connectivity index is 1.25. The molecule has 5 aliphatic heterocycles. The minimum Gasteiger partial charge on any atom is -0.461 e. The zero-order valence-corrected chi connectivity index (χ0v) is 24.9. The van der Waals surface area contributed by atoms with Crippen molar-refractivity contribution in [1.29, 1.82) is 0 Å². The minimum absolute atomic E-state index is 0.0742. The number of hydrogen-bond acceptors (Lipinski definition) is 7. The Kier molecular flexibility index (Phi) is 5.95. The molecule has 0 saturated carbocycles. The number of anilines is 1. The van der Waals surface area contributed by atoms with Crippen molar-refractivity contribution in [3.8, 4) is 29.6 Å². The van der Waals surface area contributed by atoms with E-state index < -0.39 is 23.3 Å². The zero-order chi connectivity index (χ0) is 30.5. The standard InChI is InChI=1S/C35H33F3N6O/c1-2-23-25(37)10-9-20-6-3-7-24(27(20)23)30-29(38)31-28-26(40-30)8-4-11-34-15-22(39-18-34)17-44(34)32(28)42-33(41-31)45-19-35-12-5-13-43(35)16-21(36)14-35/h1,3,6-7,9-10,21-22,39H,4-5,8,11-19H2/t21-,22-,34-,35+/m1/s1. The van der Waals surface area contributed by atoms with E-state index in [0.29, 0.717) is 58.7 Å². The molecule has 230 valence electrons. The van der Waals surface area contributed by atoms with Crippen molar-refractivity contribution in [2.24, 2.45) is 0 Å². The van der Waals surface area contributed by atoms with Crippen molar-refractivity contribution in [3.63, 3.8) is 0 Å². The number of alkyl halides is 1. The van der Waals surface area contributed by atoms with Crippen molar-refractivity contribution in [3.05, 3.63) is 53.2 Å². The average molecular weight is 611 g/mol. The molecular formula is C35H33F3N6O. The van der Waals surface area contributed by atoms with Gasteiger partial charge in [0.2, 0.25) is 0 Å². The largest absolute Gasteiger partial charge is 0.461 e. The second kappa shape index (κ2) is 9.78. The lowest BCUT2D eigenvalue weighted by Crippen LogP contribution is -2.53. The Morgan fingerprint density at radius 2 is 1.96 bits per heavy atom. The normalized spacial score (nSPS) is 28.7. The van der Waals surface area contributed by atoms with Crippen LogP contribution in [0.1, 0.15) is 49.8 Å². The summed E-state index contributed by atoms with van der Waals surface area (Å²) in [6.07, 6.45) is 10.6. The Hall–Kier alpha value is -3.94. The Morgan fingerprint density at radius 1 is 1.04 bits per heavy atom. The monoisotopic (exact) mass is 610 g/mol. The van der Waals surface area contributed by atoms with Crippen LogP contribution in [0.15, 0.2) is 30.3 Å². The van der Waals surface area contributed by atoms with E-state index >= 15 is 4.39 Å². The molecule has 4 atom stereocenters. The molecule has 1 N–H and O–H groups in total. The highest BCUT2D eigenvalue weighted by Crippen LogP contribution is 2.47. The molecule has 0 aliphatic carbocycles. The number of terminal acetylenes is 1. The van der Waals surface area contributed by atoms with Gasteiger partial charge in [0.1, 0.15) is 35.6 Å². The second-order valence-corrected chi connectivity index (χ2v) is 13.6. The first-order valence-corrected chi connectivity index (χ1v) is 16.0. The van der Waals surface area contributed by atoms with Crippen LogP contribution in [0.4, 0.5) is 19.0 Å². The molecule has 9 rings (SSSR count). The number of nitrogens with zero attached hydrogens (tertiary/aromatic N) is 5. The first kappa shape index (κ1) is 27.4. The van der Waals surface area contributed by atoms with E-state index in [1.54, 1.807) is 18.2 Å². The van der Waals surface area contributed by atoms with Crippen LogP contribution in [-0.2, 0) is 6.42 Å². The molecule has 10 heteroatoms. The van der Waals surface area contributed by atoms with E-state index in [-0.39, 0.29) is 34.9 Å². The summed E-state index contributed by atoms with van der Waals surface area (Å²) in [7, 11) is 0. The lowest BCUT2D eigenvalue weighted by molar-refractivity contribution is 0.107. The summed E-state index contributed by atoms with van der Waals surface area (Å²) in [5, 5.41) is 5.38. The molecule has 1 spiro atoms. The van der Waals surface area contributed by atoms with Crippen molar-refractivity contribution >= 4 is 27.5 Å². The zero-order valence-electron chi connectivity index (χ0n) is 24.9. The fourth-order valence-electron chi connectivity index (χ4n) is 9.07. The number of hydrogen-bond donors (Lipinski definition) is 1. The van der Waals surface area contributed by atoms with E-state index in [4.69, 9.17) is 26.1 Å². The molecule has 0 radical (unpaired) electrons. The van der Waals surface area contributed by atoms with Crippen molar-refractivity contribution in [2.45, 2.75) is 68.2 Å². The number of fused-ring (bicyclic) bond motifs is 4. The average Bonchev–Trinajstić information content (AvgIpc) is 3.79. The number of ether oxygens (including phenoxy) is 1. The lowest BCUT2D eigenvalue weighted by atomic mass is 9.88. The van der Waals surface area contributed by atoms with Crippen molar-refractivity contribution < 1.29 is 17.9 Å². The predicted molar refractivity (Wildman–Crippen MR) is 166 cm³/mol. The highest BCUT2D eigenvalue weighted by molar-refractivity contribution is 6.02. The molecule has 0 amide bonds. The van der Waals surface area contributed by atoms with Crippen molar-refractivity contribution in [2.75, 3.05) is 37.7 Å². The quantitative estimate of drug-likeness (QED) is 0.314. The van der Waals surface area contributed by atoms with Crippen LogP contribution in [0.5, 0.6) is 6.01 Å². The van der Waals surface area contributed by atoms with E-state index in [2.05, 4.69) is 21.0 Å². The number of pyridine rings is 1. The van der Waals surface area contributed by atoms with Gasteiger partial charge in [-0.15, -0.1) is 6.42 Å². The van der Waals surface area contributed by atoms with Crippen LogP contribution < -0.4 is 15.0 Å². The molecular weight excluding hydrogens is 577 g/mol. The van der Waals surface area contributed by atoms with Gasteiger partial charge in [0.25, 0.3) is 0 Å². The number of benzene rings is 2. The number of aryl methyl sites for hydroxylation is 1. The van der Waals surface area contributed by atoms with Crippen LogP contribution in [0, 0.1) is 24.0 Å². The minimum atomic E-state index is -0.889. The first-order valence-electron chi connectivity index (χ1n) is 16.0. The Morgan fingerprint density at radius 3 is 2.82 bits per heavy atom. The fourth-order valence-corrected chi connectivity index (χ4v) is 9.07. The molecule has 0 unspecified atom stereocenters. The third-order valence-corrected chi connectivity index (χ3v) is 11.1. The van der Waals surface area contributed by atoms with E-state index in [1.807, 2.05) is 6.07 Å². The maximum absolute atomic E-state index is 17.0. The van der Waals surface area contributed by atoms with Crippen LogP contribution >= 0.6 is 0 Å². The van der Waals surface area contributed by atoms with Crippen LogP contribution in [0.2, 0.25) is 0 Å². The summed E-state index contributed by atoms with van der Waals surface area (Å²) in [5.41, 5.74) is 0.907. The summed E-state index contributed by atoms with van der Waals surface area (Å²) in [6.45, 7) is 3.10. The first-order chi connectivity index (χ1) is 21.9. The predicted octanol–water partition coefficient (Wildman–Crippen LogP) is 5.32. The molecule has 45 heavy (non-hydrogen) atoms. The van der Waals surface area contributed by atoms with Gasteiger partial charge in [-0.1, -0.05) is 30.2 Å². The number of nitrogens with one attached hydrogen (secondary N) is 1. The summed E-state index contributed by atoms with van der Waals surface area (Å²) >= 11 is 0. The van der Waals surface area contributed by atoms with Gasteiger partial charge in [0, 0.05) is 43.0 Å². The maximum atomic E-state index is 17.0. The van der Waals surface area contributed by atoms with E-state index in [0.717, 1.165) is 51.7 Å². The summed E-state index contributed by atoms with van der Waals surface area (Å²) < 4.78 is 52.8. The Labute approximate surface area is 259 Å². The molecule has 2 aromatic heterocycles. The van der Waals surface area contributed by atoms with Gasteiger partial charge >= 0.3 is 6.01 Å². The highest BCUT2D eigenvalue weighted by Gasteiger charge is 2.52. The molecule has 5 aliphatic rings. The lowest BCUT2D eigenvalue weighted by Gasteiger charge is -2.41. The topological polar surface area (TPSA) is 66.4 Å². The summed E-state index contributed by atoms with van der Waals surface area (Å²) in [4.78, 5) is 19.2.